The molecule has 1 saturated heterocycles. The summed E-state index contributed by atoms with van der Waals surface area (Å²) in [6.45, 7) is 4.31. The van der Waals surface area contributed by atoms with Gasteiger partial charge in [-0.05, 0) is 31.2 Å². The number of carbonyl (C=O) groups is 2. The second-order valence-electron chi connectivity index (χ2n) is 9.10. The topological polar surface area (TPSA) is 125 Å². The fourth-order valence-corrected chi connectivity index (χ4v) is 4.79. The molecule has 0 saturated carbocycles. The number of piperazine rings is 1. The van der Waals surface area contributed by atoms with E-state index >= 15 is 0 Å². The van der Waals surface area contributed by atoms with Crippen LogP contribution < -0.4 is 18.9 Å². The first-order chi connectivity index (χ1) is 19.9. The molecule has 1 aliphatic rings. The molecule has 12 heteroatoms. The number of aliphatic hydroxyl groups is 1. The van der Waals surface area contributed by atoms with Gasteiger partial charge < -0.3 is 33.7 Å². The number of benzene rings is 2. The van der Waals surface area contributed by atoms with E-state index in [1.54, 1.807) is 36.1 Å². The highest BCUT2D eigenvalue weighted by Crippen LogP contribution is 2.39. The van der Waals surface area contributed by atoms with E-state index in [-0.39, 0.29) is 24.6 Å². The zero-order chi connectivity index (χ0) is 29.5. The Morgan fingerprint density at radius 2 is 1.61 bits per heavy atom. The maximum absolute atomic E-state index is 13.9. The van der Waals surface area contributed by atoms with Crippen LogP contribution in [0.4, 0.5) is 4.79 Å². The van der Waals surface area contributed by atoms with Crippen molar-refractivity contribution in [3.63, 3.8) is 0 Å². The molecule has 1 aromatic heterocycles. The van der Waals surface area contributed by atoms with E-state index in [2.05, 4.69) is 21.8 Å². The molecule has 0 spiro atoms. The normalized spacial score (nSPS) is 13.4. The van der Waals surface area contributed by atoms with Crippen molar-refractivity contribution in [1.29, 1.82) is 0 Å². The summed E-state index contributed by atoms with van der Waals surface area (Å²) in [5, 5.41) is 14.3. The number of aliphatic hydroxyl groups excluding tert-OH is 1. The number of ether oxygens (including phenoxy) is 5. The maximum atomic E-state index is 13.9. The summed E-state index contributed by atoms with van der Waals surface area (Å²) >= 11 is 0. The standard InChI is InChI=1S/C29H34N4O8/c1-6-7-20-22(37-2)9-8-21-25(27(35)19-16-23(38-3)28(40-5)24(17-19)39-4)30-33(26(20)21)18-41-29(36)32-12-10-31(11-13-32)14-15-34/h8-9,16-17,34H,10-15,18H2,1-5H3. The predicted octanol–water partition coefficient (Wildman–Crippen LogP) is 2.38. The van der Waals surface area contributed by atoms with Crippen molar-refractivity contribution in [2.24, 2.45) is 0 Å². The second kappa shape index (κ2) is 13.3. The van der Waals surface area contributed by atoms with Crippen LogP contribution in [0.5, 0.6) is 23.0 Å². The van der Waals surface area contributed by atoms with Crippen LogP contribution in [0.15, 0.2) is 24.3 Å². The third-order valence-electron chi connectivity index (χ3n) is 6.84. The number of hydrogen-bond acceptors (Lipinski definition) is 10. The highest BCUT2D eigenvalue weighted by molar-refractivity contribution is 6.16. The van der Waals surface area contributed by atoms with E-state index in [9.17, 15) is 9.59 Å². The molecule has 1 amide bonds. The van der Waals surface area contributed by atoms with Gasteiger partial charge in [0.25, 0.3) is 0 Å². The zero-order valence-corrected chi connectivity index (χ0v) is 23.9. The lowest BCUT2D eigenvalue weighted by Gasteiger charge is -2.33. The highest BCUT2D eigenvalue weighted by atomic mass is 16.6. The lowest BCUT2D eigenvalue weighted by atomic mass is 10.0. The Bertz CT molecular complexity index is 1460. The maximum Gasteiger partial charge on any atom is 0.411 e. The van der Waals surface area contributed by atoms with Gasteiger partial charge in [-0.1, -0.05) is 5.92 Å². The van der Waals surface area contributed by atoms with Crippen molar-refractivity contribution in [2.45, 2.75) is 13.7 Å². The SMILES string of the molecule is CC#Cc1c(OC)ccc2c(C(=O)c3cc(OC)c(OC)c(OC)c3)nn(COC(=O)N3CCN(CCO)CC3)c12. The quantitative estimate of drug-likeness (QED) is 0.289. The van der Waals surface area contributed by atoms with Gasteiger partial charge in [-0.15, -0.1) is 5.92 Å². The minimum absolute atomic E-state index is 0.0699. The number of ketones is 1. The van der Waals surface area contributed by atoms with Crippen LogP contribution >= 0.6 is 0 Å². The van der Waals surface area contributed by atoms with Crippen LogP contribution in [0.2, 0.25) is 0 Å². The summed E-state index contributed by atoms with van der Waals surface area (Å²) in [4.78, 5) is 30.5. The molecule has 0 atom stereocenters. The van der Waals surface area contributed by atoms with E-state index in [0.717, 1.165) is 0 Å². The molecule has 2 heterocycles. The fourth-order valence-electron chi connectivity index (χ4n) is 4.79. The summed E-state index contributed by atoms with van der Waals surface area (Å²) in [6, 6.07) is 6.56. The largest absolute Gasteiger partial charge is 0.495 e. The number of fused-ring (bicyclic) bond motifs is 1. The van der Waals surface area contributed by atoms with Crippen LogP contribution in [0.1, 0.15) is 28.5 Å². The van der Waals surface area contributed by atoms with Gasteiger partial charge in [-0.3, -0.25) is 9.69 Å². The molecular formula is C29H34N4O8. The van der Waals surface area contributed by atoms with Crippen molar-refractivity contribution < 1.29 is 38.4 Å². The smallest absolute Gasteiger partial charge is 0.411 e. The number of amides is 1. The van der Waals surface area contributed by atoms with Gasteiger partial charge in [0.2, 0.25) is 11.5 Å². The number of methoxy groups -OCH3 is 4. The van der Waals surface area contributed by atoms with Crippen LogP contribution in [0, 0.1) is 11.8 Å². The van der Waals surface area contributed by atoms with Crippen molar-refractivity contribution in [1.82, 2.24) is 19.6 Å². The van der Waals surface area contributed by atoms with E-state index < -0.39 is 11.9 Å². The highest BCUT2D eigenvalue weighted by Gasteiger charge is 2.27. The first-order valence-corrected chi connectivity index (χ1v) is 13.0. The van der Waals surface area contributed by atoms with Gasteiger partial charge in [0.15, 0.2) is 18.2 Å². The molecular weight excluding hydrogens is 532 g/mol. The predicted molar refractivity (Wildman–Crippen MR) is 150 cm³/mol. The summed E-state index contributed by atoms with van der Waals surface area (Å²) in [6.07, 6.45) is -0.499. The summed E-state index contributed by atoms with van der Waals surface area (Å²) in [7, 11) is 5.95. The number of aromatic nitrogens is 2. The number of hydrogen-bond donors (Lipinski definition) is 1. The first kappa shape index (κ1) is 29.5. The van der Waals surface area contributed by atoms with Gasteiger partial charge in [0.05, 0.1) is 46.1 Å². The van der Waals surface area contributed by atoms with Gasteiger partial charge >= 0.3 is 6.09 Å². The molecule has 0 aliphatic carbocycles. The molecule has 1 N–H and O–H groups in total. The molecule has 1 fully saturated rings. The molecule has 218 valence electrons. The third-order valence-corrected chi connectivity index (χ3v) is 6.84. The molecule has 3 aromatic rings. The van der Waals surface area contributed by atoms with Gasteiger partial charge in [-0.2, -0.15) is 5.10 Å². The Balaban J connectivity index is 1.72. The van der Waals surface area contributed by atoms with Crippen molar-refractivity contribution in [3.05, 3.63) is 41.1 Å². The van der Waals surface area contributed by atoms with Crippen LogP contribution in [-0.2, 0) is 11.5 Å². The average molecular weight is 567 g/mol. The van der Waals surface area contributed by atoms with Crippen LogP contribution in [0.25, 0.3) is 10.9 Å². The first-order valence-electron chi connectivity index (χ1n) is 13.0. The Hall–Kier alpha value is -4.47. The van der Waals surface area contributed by atoms with Gasteiger partial charge in [0.1, 0.15) is 11.4 Å². The van der Waals surface area contributed by atoms with E-state index in [1.807, 2.05) is 0 Å². The van der Waals surface area contributed by atoms with E-state index in [1.165, 1.54) is 33.1 Å². The molecule has 2 aromatic carbocycles. The zero-order valence-electron chi connectivity index (χ0n) is 23.9. The number of rotatable bonds is 10. The Kier molecular flexibility index (Phi) is 9.54. The Labute approximate surface area is 238 Å². The summed E-state index contributed by atoms with van der Waals surface area (Å²) in [5.74, 6) is 7.02. The van der Waals surface area contributed by atoms with Gasteiger partial charge in [0, 0.05) is 43.7 Å². The molecule has 1 aliphatic heterocycles. The minimum atomic E-state index is -0.499. The second-order valence-corrected chi connectivity index (χ2v) is 9.10. The molecule has 41 heavy (non-hydrogen) atoms. The van der Waals surface area contributed by atoms with Crippen LogP contribution in [-0.4, -0.2) is 104 Å². The molecule has 4 rings (SSSR count). The van der Waals surface area contributed by atoms with Gasteiger partial charge in [-0.25, -0.2) is 9.48 Å². The summed E-state index contributed by atoms with van der Waals surface area (Å²) < 4.78 is 28.9. The lowest BCUT2D eigenvalue weighted by molar-refractivity contribution is 0.0513. The average Bonchev–Trinajstić information content (AvgIpc) is 3.38. The molecule has 0 unspecified atom stereocenters. The monoisotopic (exact) mass is 566 g/mol. The third kappa shape index (κ3) is 6.01. The van der Waals surface area contributed by atoms with Crippen LogP contribution in [0.3, 0.4) is 0 Å². The van der Waals surface area contributed by atoms with E-state index in [4.69, 9.17) is 28.8 Å². The van der Waals surface area contributed by atoms with Crippen molar-refractivity contribution >= 4 is 22.8 Å². The fraction of sp³-hybridized carbons (Fsp3) is 0.414. The Morgan fingerprint density at radius 1 is 0.951 bits per heavy atom. The number of β-amino-alcohol motifs (C(OH)–C–C–N with tert-alkyl or cyclic N) is 1. The number of carbonyl (C=O) groups excluding carboxylic acids is 2. The van der Waals surface area contributed by atoms with Crippen molar-refractivity contribution in [3.8, 4) is 34.8 Å². The molecule has 0 radical (unpaired) electrons. The van der Waals surface area contributed by atoms with E-state index in [0.29, 0.717) is 72.2 Å². The molecule has 0 bridgehead atoms. The summed E-state index contributed by atoms with van der Waals surface area (Å²) in [5.41, 5.74) is 1.40. The molecule has 12 nitrogen and oxygen atoms in total. The van der Waals surface area contributed by atoms with Crippen molar-refractivity contribution in [2.75, 3.05) is 67.8 Å². The number of nitrogens with zero attached hydrogens (tertiary/aromatic N) is 4. The minimum Gasteiger partial charge on any atom is -0.495 e. The Morgan fingerprint density at radius 3 is 2.17 bits per heavy atom. The lowest BCUT2D eigenvalue weighted by Crippen LogP contribution is -2.49.